The fraction of sp³-hybridized carbons (Fsp3) is 0.263. The molecule has 6 heteroatoms. The molecule has 1 aromatic carbocycles. The molecule has 126 valence electrons. The third kappa shape index (κ3) is 2.91. The maximum Gasteiger partial charge on any atom is 0.252 e. The predicted molar refractivity (Wildman–Crippen MR) is 93.9 cm³/mol. The first kappa shape index (κ1) is 15.5. The van der Waals surface area contributed by atoms with E-state index in [9.17, 15) is 4.79 Å². The van der Waals surface area contributed by atoms with Crippen molar-refractivity contribution in [1.82, 2.24) is 25.1 Å². The van der Waals surface area contributed by atoms with Gasteiger partial charge in [0.05, 0.1) is 6.04 Å². The number of nitrogens with one attached hydrogen (secondary N) is 1. The molecule has 0 saturated heterocycles. The third-order valence-corrected chi connectivity index (χ3v) is 4.35. The zero-order chi connectivity index (χ0) is 17.2. The van der Waals surface area contributed by atoms with E-state index < -0.39 is 0 Å². The first-order valence-electron chi connectivity index (χ1n) is 8.51. The maximum atomic E-state index is 12.1. The van der Waals surface area contributed by atoms with Crippen molar-refractivity contribution in [3.05, 3.63) is 65.6 Å². The Balaban J connectivity index is 1.66. The van der Waals surface area contributed by atoms with E-state index in [0.717, 1.165) is 35.6 Å². The van der Waals surface area contributed by atoms with E-state index in [1.165, 1.54) is 0 Å². The summed E-state index contributed by atoms with van der Waals surface area (Å²) in [4.78, 5) is 21.2. The van der Waals surface area contributed by atoms with E-state index in [1.807, 2.05) is 47.1 Å². The summed E-state index contributed by atoms with van der Waals surface area (Å²) < 4.78 is 1.93. The molecule has 1 aliphatic rings. The second-order valence-corrected chi connectivity index (χ2v) is 6.11. The summed E-state index contributed by atoms with van der Waals surface area (Å²) in [5.41, 5.74) is 2.53. The molecule has 1 unspecified atom stereocenters. The highest BCUT2D eigenvalue weighted by Gasteiger charge is 2.29. The Morgan fingerprint density at radius 3 is 2.80 bits per heavy atom. The van der Waals surface area contributed by atoms with Gasteiger partial charge in [-0.15, -0.1) is 5.10 Å². The van der Waals surface area contributed by atoms with Crippen molar-refractivity contribution in [3.63, 3.8) is 0 Å². The van der Waals surface area contributed by atoms with Crippen LogP contribution in [0.1, 0.15) is 41.1 Å². The van der Waals surface area contributed by atoms with Gasteiger partial charge in [-0.05, 0) is 30.2 Å². The van der Waals surface area contributed by atoms with E-state index in [1.54, 1.807) is 6.20 Å². The number of hydrogen-bond acceptors (Lipinski definition) is 4. The normalized spacial score (nSPS) is 15.9. The fourth-order valence-electron chi connectivity index (χ4n) is 3.18. The van der Waals surface area contributed by atoms with Crippen molar-refractivity contribution in [1.29, 1.82) is 0 Å². The van der Waals surface area contributed by atoms with Gasteiger partial charge in [0, 0.05) is 24.7 Å². The minimum atomic E-state index is -0.0694. The molecule has 0 aliphatic carbocycles. The van der Waals surface area contributed by atoms with Gasteiger partial charge < -0.3 is 5.32 Å². The van der Waals surface area contributed by atoms with Crippen LogP contribution in [0.4, 0.5) is 0 Å². The average Bonchev–Trinajstić information content (AvgIpc) is 3.19. The van der Waals surface area contributed by atoms with Gasteiger partial charge in [0.1, 0.15) is 11.5 Å². The van der Waals surface area contributed by atoms with Gasteiger partial charge in [-0.2, -0.15) is 0 Å². The van der Waals surface area contributed by atoms with Crippen LogP contribution in [-0.2, 0) is 13.0 Å². The third-order valence-electron chi connectivity index (χ3n) is 4.35. The second-order valence-electron chi connectivity index (χ2n) is 6.11. The number of amides is 1. The second kappa shape index (κ2) is 6.47. The van der Waals surface area contributed by atoms with Crippen LogP contribution >= 0.6 is 0 Å². The molecule has 0 fully saturated rings. The molecule has 25 heavy (non-hydrogen) atoms. The smallest absolute Gasteiger partial charge is 0.252 e. The first-order valence-corrected chi connectivity index (χ1v) is 8.51. The van der Waals surface area contributed by atoms with Crippen LogP contribution in [0.15, 0.2) is 48.7 Å². The molecule has 4 rings (SSSR count). The molecule has 1 aliphatic heterocycles. The van der Waals surface area contributed by atoms with Gasteiger partial charge in [-0.1, -0.05) is 31.2 Å². The lowest BCUT2D eigenvalue weighted by Crippen LogP contribution is -2.22. The summed E-state index contributed by atoms with van der Waals surface area (Å²) >= 11 is 0. The number of nitrogens with zero attached hydrogens (tertiary/aromatic N) is 4. The van der Waals surface area contributed by atoms with Crippen molar-refractivity contribution in [3.8, 4) is 11.5 Å². The quantitative estimate of drug-likeness (QED) is 0.779. The summed E-state index contributed by atoms with van der Waals surface area (Å²) in [5.74, 6) is 1.47. The zero-order valence-corrected chi connectivity index (χ0v) is 14.0. The minimum absolute atomic E-state index is 0.0212. The minimum Gasteiger partial charge on any atom is -0.345 e. The summed E-state index contributed by atoms with van der Waals surface area (Å²) in [6.07, 6.45) is 3.32. The summed E-state index contributed by atoms with van der Waals surface area (Å²) in [7, 11) is 0. The number of aromatic nitrogens is 4. The van der Waals surface area contributed by atoms with E-state index in [2.05, 4.69) is 22.3 Å². The lowest BCUT2D eigenvalue weighted by molar-refractivity contribution is 0.0956. The molecule has 3 heterocycles. The number of fused-ring (bicyclic) bond motifs is 1. The molecule has 2 aromatic heterocycles. The van der Waals surface area contributed by atoms with Crippen LogP contribution in [0.25, 0.3) is 11.5 Å². The van der Waals surface area contributed by atoms with Crippen LogP contribution in [0.2, 0.25) is 0 Å². The number of carbonyl (C=O) groups excluding carboxylic acids is 1. The van der Waals surface area contributed by atoms with E-state index in [4.69, 9.17) is 4.98 Å². The highest BCUT2D eigenvalue weighted by Crippen LogP contribution is 2.28. The molecule has 3 aromatic rings. The van der Waals surface area contributed by atoms with Crippen LogP contribution in [0, 0.1) is 0 Å². The zero-order valence-electron chi connectivity index (χ0n) is 14.0. The van der Waals surface area contributed by atoms with Gasteiger partial charge >= 0.3 is 0 Å². The highest BCUT2D eigenvalue weighted by molar-refractivity contribution is 5.99. The molecular weight excluding hydrogens is 314 g/mol. The summed E-state index contributed by atoms with van der Waals surface area (Å²) in [6.45, 7) is 2.90. The maximum absolute atomic E-state index is 12.1. The van der Waals surface area contributed by atoms with Gasteiger partial charge in [-0.25, -0.2) is 9.67 Å². The molecule has 0 spiro atoms. The van der Waals surface area contributed by atoms with E-state index in [0.29, 0.717) is 12.2 Å². The lowest BCUT2D eigenvalue weighted by Gasteiger charge is -2.11. The fourth-order valence-corrected chi connectivity index (χ4v) is 3.18. The van der Waals surface area contributed by atoms with Gasteiger partial charge in [0.15, 0.2) is 5.82 Å². The Morgan fingerprint density at radius 1 is 1.16 bits per heavy atom. The molecule has 6 nitrogen and oxygen atoms in total. The van der Waals surface area contributed by atoms with Crippen LogP contribution < -0.4 is 5.32 Å². The number of benzene rings is 1. The highest BCUT2D eigenvalue weighted by atomic mass is 16.2. The molecule has 1 N–H and O–H groups in total. The molecule has 1 atom stereocenters. The lowest BCUT2D eigenvalue weighted by atomic mass is 10.0. The van der Waals surface area contributed by atoms with Crippen LogP contribution in [0.5, 0.6) is 0 Å². The standard InChI is InChI=1S/C19H19N5O/c1-2-11-24-17(22-18(23-24)15-9-5-6-10-20-15)12-16-13-7-3-4-8-14(13)19(25)21-16/h3-10,16H,2,11-12H2,1H3,(H,21,25). The Bertz CT molecular complexity index is 903. The van der Waals surface area contributed by atoms with Crippen molar-refractivity contribution in [2.75, 3.05) is 0 Å². The molecule has 0 bridgehead atoms. The van der Waals surface area contributed by atoms with E-state index >= 15 is 0 Å². The largest absolute Gasteiger partial charge is 0.345 e. The average molecular weight is 333 g/mol. The number of aryl methyl sites for hydroxylation is 1. The number of hydrogen-bond donors (Lipinski definition) is 1. The number of pyridine rings is 1. The van der Waals surface area contributed by atoms with Crippen LogP contribution in [-0.4, -0.2) is 25.7 Å². The number of rotatable bonds is 5. The van der Waals surface area contributed by atoms with Crippen molar-refractivity contribution >= 4 is 5.91 Å². The topological polar surface area (TPSA) is 72.7 Å². The van der Waals surface area contributed by atoms with Gasteiger partial charge in [0.25, 0.3) is 5.91 Å². The van der Waals surface area contributed by atoms with Gasteiger partial charge in [0.2, 0.25) is 0 Å². The van der Waals surface area contributed by atoms with Gasteiger partial charge in [-0.3, -0.25) is 9.78 Å². The SMILES string of the molecule is CCCn1nc(-c2ccccn2)nc1CC1NC(=O)c2ccccc21. The Labute approximate surface area is 145 Å². The van der Waals surface area contributed by atoms with Crippen molar-refractivity contribution in [2.45, 2.75) is 32.4 Å². The monoisotopic (exact) mass is 333 g/mol. The molecule has 0 radical (unpaired) electrons. The molecular formula is C19H19N5O. The first-order chi connectivity index (χ1) is 12.3. The van der Waals surface area contributed by atoms with Crippen molar-refractivity contribution < 1.29 is 4.79 Å². The Morgan fingerprint density at radius 2 is 2.00 bits per heavy atom. The summed E-state index contributed by atoms with van der Waals surface area (Å²) in [5, 5.41) is 7.67. The van der Waals surface area contributed by atoms with Crippen LogP contribution in [0.3, 0.4) is 0 Å². The summed E-state index contributed by atoms with van der Waals surface area (Å²) in [6, 6.07) is 13.3. The van der Waals surface area contributed by atoms with E-state index in [-0.39, 0.29) is 11.9 Å². The Hall–Kier alpha value is -3.02. The Kier molecular flexibility index (Phi) is 4.01. The predicted octanol–water partition coefficient (Wildman–Crippen LogP) is 2.78. The molecule has 0 saturated carbocycles. The molecule has 1 amide bonds. The number of carbonyl (C=O) groups is 1. The van der Waals surface area contributed by atoms with Crippen molar-refractivity contribution in [2.24, 2.45) is 0 Å².